The van der Waals surface area contributed by atoms with E-state index in [2.05, 4.69) is 14.5 Å². The fraction of sp³-hybridized carbons (Fsp3) is 1.00. The van der Waals surface area contributed by atoms with Crippen LogP contribution in [0.25, 0.3) is 0 Å². The molecule has 2 aliphatic rings. The highest BCUT2D eigenvalue weighted by Gasteiger charge is 2.42. The van der Waals surface area contributed by atoms with E-state index in [4.69, 9.17) is 25.5 Å². The van der Waals surface area contributed by atoms with Crippen LogP contribution < -0.4 is 0 Å². The number of aliphatic hydroxyl groups excluding tert-OH is 5. The van der Waals surface area contributed by atoms with Crippen molar-refractivity contribution in [2.24, 2.45) is 0 Å². The average molecular weight is 240 g/mol. The summed E-state index contributed by atoms with van der Waals surface area (Å²) in [4.78, 5) is 8.44. The van der Waals surface area contributed by atoms with Gasteiger partial charge in [0.25, 0.3) is 0 Å². The van der Waals surface area contributed by atoms with E-state index in [1.54, 1.807) is 0 Å². The van der Waals surface area contributed by atoms with Gasteiger partial charge >= 0.3 is 0 Å². The quantitative estimate of drug-likeness (QED) is 0.302. The first kappa shape index (κ1) is 13.7. The maximum absolute atomic E-state index is 9.12. The van der Waals surface area contributed by atoms with Gasteiger partial charge in [0.2, 0.25) is 0 Å². The molecule has 0 aromatic carbocycles. The Balaban J connectivity index is 0.000000267. The lowest BCUT2D eigenvalue weighted by Gasteiger charge is -2.37. The zero-order chi connectivity index (χ0) is 12.1. The molecule has 0 amide bonds. The maximum Gasteiger partial charge on any atom is 0.184 e. The smallest absolute Gasteiger partial charge is 0.184 e. The zero-order valence-corrected chi connectivity index (χ0v) is 8.47. The Morgan fingerprint density at radius 1 is 0.875 bits per heavy atom. The fourth-order valence-corrected chi connectivity index (χ4v) is 1.17. The molecule has 2 rings (SSSR count). The summed E-state index contributed by atoms with van der Waals surface area (Å²) in [5, 5.41) is 44.7. The summed E-state index contributed by atoms with van der Waals surface area (Å²) in [6, 6.07) is 0. The predicted molar refractivity (Wildman–Crippen MR) is 47.9 cm³/mol. The zero-order valence-electron chi connectivity index (χ0n) is 8.47. The first-order valence-electron chi connectivity index (χ1n) is 4.81. The van der Waals surface area contributed by atoms with E-state index in [1.807, 2.05) is 0 Å². The van der Waals surface area contributed by atoms with E-state index in [0.717, 1.165) is 13.2 Å². The van der Waals surface area contributed by atoms with E-state index < -0.39 is 37.3 Å². The Morgan fingerprint density at radius 2 is 1.38 bits per heavy atom. The van der Waals surface area contributed by atoms with Crippen molar-refractivity contribution in [2.45, 2.75) is 30.7 Å². The third-order valence-electron chi connectivity index (χ3n) is 2.20. The molecule has 8 heteroatoms. The van der Waals surface area contributed by atoms with Gasteiger partial charge in [-0.2, -0.15) is 0 Å². The highest BCUT2D eigenvalue weighted by Crippen LogP contribution is 2.18. The van der Waals surface area contributed by atoms with Gasteiger partial charge < -0.3 is 30.3 Å². The van der Waals surface area contributed by atoms with Gasteiger partial charge in [-0.15, -0.1) is 0 Å². The molecule has 2 fully saturated rings. The van der Waals surface area contributed by atoms with Crippen molar-refractivity contribution in [3.8, 4) is 0 Å². The molecule has 16 heavy (non-hydrogen) atoms. The van der Waals surface area contributed by atoms with Crippen LogP contribution in [0.4, 0.5) is 0 Å². The molecule has 2 aliphatic heterocycles. The Bertz CT molecular complexity index is 188. The lowest BCUT2D eigenvalue weighted by Crippen LogP contribution is -2.58. The molecule has 0 aliphatic carbocycles. The van der Waals surface area contributed by atoms with Crippen LogP contribution >= 0.6 is 0 Å². The minimum atomic E-state index is -1.57. The van der Waals surface area contributed by atoms with Gasteiger partial charge in [-0.05, 0) is 0 Å². The number of rotatable bonds is 1. The Hall–Kier alpha value is -0.320. The average Bonchev–Trinajstić information content (AvgIpc) is 2.18. The molecule has 2 heterocycles. The highest BCUT2D eigenvalue weighted by molar-refractivity contribution is 4.87. The van der Waals surface area contributed by atoms with Crippen molar-refractivity contribution in [3.05, 3.63) is 0 Å². The summed E-state index contributed by atoms with van der Waals surface area (Å²) >= 11 is 0. The highest BCUT2D eigenvalue weighted by atomic mass is 17.2. The van der Waals surface area contributed by atoms with E-state index in [0.29, 0.717) is 0 Å². The van der Waals surface area contributed by atoms with Crippen molar-refractivity contribution in [3.63, 3.8) is 0 Å². The van der Waals surface area contributed by atoms with Gasteiger partial charge in [0.05, 0.1) is 6.61 Å². The van der Waals surface area contributed by atoms with Crippen molar-refractivity contribution in [2.75, 3.05) is 19.8 Å². The predicted octanol–water partition coefficient (Wildman–Crippen LogP) is -3.27. The molecular formula is C8H16O8. The molecule has 0 bridgehead atoms. The van der Waals surface area contributed by atoms with Crippen LogP contribution in [0.2, 0.25) is 0 Å². The van der Waals surface area contributed by atoms with Crippen molar-refractivity contribution >= 4 is 0 Å². The van der Waals surface area contributed by atoms with E-state index in [9.17, 15) is 0 Å². The van der Waals surface area contributed by atoms with Gasteiger partial charge in [0, 0.05) is 0 Å². The molecule has 0 spiro atoms. The van der Waals surface area contributed by atoms with Crippen molar-refractivity contribution < 1.29 is 40.0 Å². The third kappa shape index (κ3) is 3.34. The van der Waals surface area contributed by atoms with Crippen LogP contribution in [-0.4, -0.2) is 76.1 Å². The molecular weight excluding hydrogens is 224 g/mol. The molecule has 0 radical (unpaired) electrons. The summed E-state index contributed by atoms with van der Waals surface area (Å²) < 4.78 is 4.58. The lowest BCUT2D eigenvalue weighted by atomic mass is 10.00. The number of hydrogen-bond donors (Lipinski definition) is 5. The fourth-order valence-electron chi connectivity index (χ4n) is 1.17. The minimum Gasteiger partial charge on any atom is -0.394 e. The normalized spacial score (nSPS) is 42.9. The first-order valence-corrected chi connectivity index (χ1v) is 4.81. The van der Waals surface area contributed by atoms with E-state index >= 15 is 0 Å². The molecule has 0 aromatic heterocycles. The van der Waals surface area contributed by atoms with Crippen LogP contribution in [-0.2, 0) is 14.5 Å². The monoisotopic (exact) mass is 240 g/mol. The van der Waals surface area contributed by atoms with Gasteiger partial charge in [-0.25, -0.2) is 9.78 Å². The van der Waals surface area contributed by atoms with Gasteiger partial charge in [-0.1, -0.05) is 0 Å². The summed E-state index contributed by atoms with van der Waals surface area (Å²) in [6.45, 7) is 1.03. The third-order valence-corrected chi connectivity index (χ3v) is 2.20. The topological polar surface area (TPSA) is 129 Å². The minimum absolute atomic E-state index is 0.526. The Labute approximate surface area is 91.5 Å². The summed E-state index contributed by atoms with van der Waals surface area (Å²) in [5.74, 6) is 0. The van der Waals surface area contributed by atoms with Crippen LogP contribution in [0.5, 0.6) is 0 Å². The molecule has 8 nitrogen and oxygen atoms in total. The Kier molecular flexibility index (Phi) is 5.52. The number of ether oxygens (including phenoxy) is 1. The second-order valence-corrected chi connectivity index (χ2v) is 3.36. The summed E-state index contributed by atoms with van der Waals surface area (Å²) in [6.07, 6.45) is -7.04. The van der Waals surface area contributed by atoms with Crippen LogP contribution in [0.15, 0.2) is 0 Å². The van der Waals surface area contributed by atoms with Gasteiger partial charge in [-0.3, -0.25) is 0 Å². The van der Waals surface area contributed by atoms with Crippen LogP contribution in [0.3, 0.4) is 0 Å². The molecule has 5 atom stereocenters. The molecule has 1 unspecified atom stereocenters. The van der Waals surface area contributed by atoms with Crippen LogP contribution in [0, 0.1) is 0 Å². The second kappa shape index (κ2) is 6.42. The van der Waals surface area contributed by atoms with Crippen molar-refractivity contribution in [1.82, 2.24) is 0 Å². The molecule has 5 N–H and O–H groups in total. The summed E-state index contributed by atoms with van der Waals surface area (Å²) in [5.41, 5.74) is 0. The molecule has 0 aromatic rings. The van der Waals surface area contributed by atoms with Gasteiger partial charge in [0.15, 0.2) is 6.29 Å². The van der Waals surface area contributed by atoms with E-state index in [1.165, 1.54) is 0 Å². The van der Waals surface area contributed by atoms with E-state index in [-0.39, 0.29) is 0 Å². The number of aliphatic hydroxyl groups is 5. The maximum atomic E-state index is 9.12. The second-order valence-electron chi connectivity index (χ2n) is 3.36. The van der Waals surface area contributed by atoms with Crippen molar-refractivity contribution in [1.29, 1.82) is 0 Å². The standard InChI is InChI=1S/C6H12O6.C2H4O2/c7-1-2-3(8)4(9)5(10)6(11)12-2;1-2-4-3-1/h2-11H,1H2;1-2H2/t2-,3-,4+,5-,6?;/m1./s1. The first-order chi connectivity index (χ1) is 7.57. The molecule has 96 valence electrons. The van der Waals surface area contributed by atoms with Gasteiger partial charge in [0.1, 0.15) is 37.6 Å². The number of hydrogen-bond acceptors (Lipinski definition) is 8. The molecule has 0 saturated carbocycles. The largest absolute Gasteiger partial charge is 0.394 e. The lowest BCUT2D eigenvalue weighted by molar-refractivity contribution is -0.382. The van der Waals surface area contributed by atoms with Crippen LogP contribution in [0.1, 0.15) is 0 Å². The summed E-state index contributed by atoms with van der Waals surface area (Å²) in [7, 11) is 0. The Morgan fingerprint density at radius 3 is 1.75 bits per heavy atom. The SMILES string of the molecule is C1COO1.OC[C@H]1OC(O)[C@H](O)[C@@H](O)[C@@H]1O. The molecule has 2 saturated heterocycles.